The van der Waals surface area contributed by atoms with Gasteiger partial charge in [0.25, 0.3) is 5.91 Å². The number of amides is 1. The molecule has 1 amide bonds. The van der Waals surface area contributed by atoms with Crippen LogP contribution >= 0.6 is 0 Å². The minimum absolute atomic E-state index is 0.123. The van der Waals surface area contributed by atoms with Crippen molar-refractivity contribution >= 4 is 11.7 Å². The molecule has 3 N–H and O–H groups in total. The van der Waals surface area contributed by atoms with Crippen LogP contribution in [0.5, 0.6) is 0 Å². The van der Waals surface area contributed by atoms with Crippen molar-refractivity contribution in [3.8, 4) is 0 Å². The van der Waals surface area contributed by atoms with Crippen molar-refractivity contribution in [3.63, 3.8) is 0 Å². The SMILES string of the molecule is CC1=C(C(=O)Nc2ccccn2)N2NC(N3CC[C@H](F)C3)C=CC2N1. The lowest BCUT2D eigenvalue weighted by Gasteiger charge is -2.38. The largest absolute Gasteiger partial charge is 0.363 e. The van der Waals surface area contributed by atoms with Gasteiger partial charge in [0.2, 0.25) is 0 Å². The number of alkyl halides is 1. The van der Waals surface area contributed by atoms with Gasteiger partial charge >= 0.3 is 0 Å². The molecule has 7 nitrogen and oxygen atoms in total. The minimum atomic E-state index is -0.783. The van der Waals surface area contributed by atoms with E-state index >= 15 is 0 Å². The highest BCUT2D eigenvalue weighted by Gasteiger charge is 2.38. The van der Waals surface area contributed by atoms with Gasteiger partial charge < -0.3 is 10.6 Å². The zero-order chi connectivity index (χ0) is 17.4. The average Bonchev–Trinajstić information content (AvgIpc) is 3.17. The fraction of sp³-hybridized carbons (Fsp3) is 0.412. The topological polar surface area (TPSA) is 72.5 Å². The maximum atomic E-state index is 13.5. The van der Waals surface area contributed by atoms with Crippen LogP contribution in [0.2, 0.25) is 0 Å². The second-order valence-electron chi connectivity index (χ2n) is 6.44. The van der Waals surface area contributed by atoms with E-state index in [1.54, 1.807) is 18.3 Å². The van der Waals surface area contributed by atoms with Gasteiger partial charge in [0.15, 0.2) is 0 Å². The van der Waals surface area contributed by atoms with Crippen molar-refractivity contribution < 1.29 is 9.18 Å². The number of carbonyl (C=O) groups excluding carboxylic acids is 1. The standard InChI is InChI=1S/C17H21FN6O/c1-11-16(17(25)21-13-4-2-3-8-19-13)24-14(20-11)5-6-15(22-24)23-9-7-12(18)10-23/h2-6,8,12,14-15,20,22H,7,9-10H2,1H3,(H,19,21,25)/t12-,14?,15?/m0/s1. The summed E-state index contributed by atoms with van der Waals surface area (Å²) >= 11 is 0. The molecular formula is C17H21FN6O. The number of aromatic nitrogens is 1. The lowest BCUT2D eigenvalue weighted by molar-refractivity contribution is -0.115. The molecule has 4 rings (SSSR count). The van der Waals surface area contributed by atoms with Gasteiger partial charge in [-0.05, 0) is 31.6 Å². The molecule has 1 aromatic heterocycles. The molecule has 8 heteroatoms. The first-order valence-electron chi connectivity index (χ1n) is 8.43. The van der Waals surface area contributed by atoms with Gasteiger partial charge in [0, 0.05) is 25.0 Å². The van der Waals surface area contributed by atoms with E-state index in [-0.39, 0.29) is 18.2 Å². The molecule has 0 aliphatic carbocycles. The van der Waals surface area contributed by atoms with Gasteiger partial charge in [-0.3, -0.25) is 14.7 Å². The Labute approximate surface area is 145 Å². The Hall–Kier alpha value is -2.45. The fourth-order valence-electron chi connectivity index (χ4n) is 3.44. The number of allylic oxidation sites excluding steroid dienone is 1. The van der Waals surface area contributed by atoms with E-state index in [0.29, 0.717) is 31.0 Å². The lowest BCUT2D eigenvalue weighted by atomic mass is 10.2. The van der Waals surface area contributed by atoms with E-state index in [1.165, 1.54) is 0 Å². The van der Waals surface area contributed by atoms with E-state index in [9.17, 15) is 9.18 Å². The first-order chi connectivity index (χ1) is 12.1. The van der Waals surface area contributed by atoms with E-state index < -0.39 is 6.17 Å². The van der Waals surface area contributed by atoms with Crippen molar-refractivity contribution in [1.29, 1.82) is 0 Å². The Kier molecular flexibility index (Phi) is 4.14. The lowest BCUT2D eigenvalue weighted by Crippen LogP contribution is -2.58. The summed E-state index contributed by atoms with van der Waals surface area (Å²) in [5.74, 6) is 0.262. The normalized spacial score (nSPS) is 28.9. The molecular weight excluding hydrogens is 323 g/mol. The van der Waals surface area contributed by atoms with Gasteiger partial charge in [0.1, 0.15) is 23.9 Å². The number of rotatable bonds is 3. The molecule has 25 heavy (non-hydrogen) atoms. The van der Waals surface area contributed by atoms with Gasteiger partial charge in [-0.1, -0.05) is 12.1 Å². The zero-order valence-corrected chi connectivity index (χ0v) is 13.9. The maximum absolute atomic E-state index is 13.5. The number of nitrogens with one attached hydrogen (secondary N) is 3. The monoisotopic (exact) mass is 344 g/mol. The van der Waals surface area contributed by atoms with E-state index in [1.807, 2.05) is 35.1 Å². The van der Waals surface area contributed by atoms with Gasteiger partial charge in [-0.15, -0.1) is 0 Å². The van der Waals surface area contributed by atoms with Crippen LogP contribution in [0.4, 0.5) is 10.2 Å². The Morgan fingerprint density at radius 3 is 2.92 bits per heavy atom. The molecule has 3 atom stereocenters. The summed E-state index contributed by atoms with van der Waals surface area (Å²) in [5.41, 5.74) is 4.62. The molecule has 0 saturated carbocycles. The number of likely N-dealkylation sites (tertiary alicyclic amines) is 1. The van der Waals surface area contributed by atoms with E-state index in [4.69, 9.17) is 0 Å². The van der Waals surface area contributed by atoms with Crippen LogP contribution < -0.4 is 16.1 Å². The number of hydrazine groups is 1. The zero-order valence-electron chi connectivity index (χ0n) is 13.9. The van der Waals surface area contributed by atoms with Crippen LogP contribution in [0.25, 0.3) is 0 Å². The molecule has 1 fully saturated rings. The molecule has 0 aromatic carbocycles. The number of nitrogens with zero attached hydrogens (tertiary/aromatic N) is 3. The Morgan fingerprint density at radius 1 is 1.36 bits per heavy atom. The number of hydrogen-bond acceptors (Lipinski definition) is 6. The summed E-state index contributed by atoms with van der Waals surface area (Å²) in [6, 6.07) is 5.35. The second-order valence-corrected chi connectivity index (χ2v) is 6.44. The maximum Gasteiger partial charge on any atom is 0.276 e. The van der Waals surface area contributed by atoms with Crippen LogP contribution in [-0.2, 0) is 4.79 Å². The van der Waals surface area contributed by atoms with E-state index in [0.717, 1.165) is 5.70 Å². The highest BCUT2D eigenvalue weighted by Crippen LogP contribution is 2.25. The summed E-state index contributed by atoms with van der Waals surface area (Å²) in [5, 5.41) is 7.90. The number of fused-ring (bicyclic) bond motifs is 1. The third-order valence-corrected chi connectivity index (χ3v) is 4.66. The van der Waals surface area contributed by atoms with Crippen molar-refractivity contribution in [1.82, 2.24) is 25.6 Å². The molecule has 0 spiro atoms. The van der Waals surface area contributed by atoms with Gasteiger partial charge in [-0.25, -0.2) is 14.8 Å². The molecule has 1 aromatic rings. The van der Waals surface area contributed by atoms with Gasteiger partial charge in [-0.2, -0.15) is 0 Å². The highest BCUT2D eigenvalue weighted by atomic mass is 19.1. The van der Waals surface area contributed by atoms with Crippen molar-refractivity contribution in [2.45, 2.75) is 31.8 Å². The number of hydrogen-bond donors (Lipinski definition) is 3. The Balaban J connectivity index is 1.50. The van der Waals surface area contributed by atoms with Crippen LogP contribution in [0, 0.1) is 0 Å². The summed E-state index contributed by atoms with van der Waals surface area (Å²) < 4.78 is 13.5. The number of carbonyl (C=O) groups is 1. The third-order valence-electron chi connectivity index (χ3n) is 4.66. The average molecular weight is 344 g/mol. The minimum Gasteiger partial charge on any atom is -0.363 e. The van der Waals surface area contributed by atoms with Gasteiger partial charge in [0.05, 0.1) is 6.17 Å². The van der Waals surface area contributed by atoms with E-state index in [2.05, 4.69) is 21.0 Å². The second kappa shape index (κ2) is 6.45. The summed E-state index contributed by atoms with van der Waals surface area (Å²) in [4.78, 5) is 18.9. The summed E-state index contributed by atoms with van der Waals surface area (Å²) in [6.45, 7) is 2.98. The van der Waals surface area contributed by atoms with Crippen LogP contribution in [0.3, 0.4) is 0 Å². The molecule has 0 radical (unpaired) electrons. The van der Waals surface area contributed by atoms with Crippen molar-refractivity contribution in [3.05, 3.63) is 47.9 Å². The number of pyridine rings is 1. The molecule has 0 bridgehead atoms. The molecule has 3 aliphatic rings. The Bertz CT molecular complexity index is 721. The van der Waals surface area contributed by atoms with Crippen molar-refractivity contribution in [2.24, 2.45) is 0 Å². The molecule has 3 aliphatic heterocycles. The smallest absolute Gasteiger partial charge is 0.276 e. The third kappa shape index (κ3) is 3.10. The predicted molar refractivity (Wildman–Crippen MR) is 91.5 cm³/mol. The molecule has 2 unspecified atom stereocenters. The molecule has 1 saturated heterocycles. The Morgan fingerprint density at radius 2 is 2.20 bits per heavy atom. The van der Waals surface area contributed by atoms with Crippen LogP contribution in [0.15, 0.2) is 47.9 Å². The first-order valence-corrected chi connectivity index (χ1v) is 8.43. The quantitative estimate of drug-likeness (QED) is 0.709. The summed E-state index contributed by atoms with van der Waals surface area (Å²) in [6.07, 6.45) is 5.15. The fourth-order valence-corrected chi connectivity index (χ4v) is 3.44. The summed E-state index contributed by atoms with van der Waals surface area (Å²) in [7, 11) is 0. The van der Waals surface area contributed by atoms with Crippen LogP contribution in [-0.4, -0.2) is 52.4 Å². The predicted octanol–water partition coefficient (Wildman–Crippen LogP) is 0.927. The van der Waals surface area contributed by atoms with Crippen molar-refractivity contribution in [2.75, 3.05) is 18.4 Å². The van der Waals surface area contributed by atoms with Crippen LogP contribution in [0.1, 0.15) is 13.3 Å². The molecule has 4 heterocycles. The number of anilines is 1. The molecule has 132 valence electrons. The number of halogens is 1. The first kappa shape index (κ1) is 16.0. The highest BCUT2D eigenvalue weighted by molar-refractivity contribution is 6.03.